The fraction of sp³-hybridized carbons (Fsp3) is 0.278. The van der Waals surface area contributed by atoms with Crippen molar-refractivity contribution in [1.29, 1.82) is 0 Å². The summed E-state index contributed by atoms with van der Waals surface area (Å²) in [5, 5.41) is 3.41. The summed E-state index contributed by atoms with van der Waals surface area (Å²) in [6.07, 6.45) is 3.34. The monoisotopic (exact) mass is 360 g/mol. The lowest BCUT2D eigenvalue weighted by Crippen LogP contribution is -2.06. The van der Waals surface area contributed by atoms with Gasteiger partial charge in [-0.25, -0.2) is 4.98 Å². The number of carbonyl (C=O) groups is 1. The van der Waals surface area contributed by atoms with Crippen LogP contribution in [0.5, 0.6) is 5.06 Å². The van der Waals surface area contributed by atoms with Crippen molar-refractivity contribution < 1.29 is 9.53 Å². The molecule has 0 radical (unpaired) electrons. The van der Waals surface area contributed by atoms with E-state index in [9.17, 15) is 4.79 Å². The number of aromatic nitrogens is 2. The first-order valence-electron chi connectivity index (χ1n) is 7.67. The van der Waals surface area contributed by atoms with Crippen LogP contribution in [0, 0.1) is 13.8 Å². The smallest absolute Gasteiger partial charge is 0.204 e. The number of thiazole rings is 1. The largest absolute Gasteiger partial charge is 0.486 e. The number of nitrogens with zero attached hydrogens (tertiary/aromatic N) is 2. The number of benzene rings is 1. The lowest BCUT2D eigenvalue weighted by atomic mass is 9.94. The van der Waals surface area contributed by atoms with Gasteiger partial charge in [-0.2, -0.15) is 4.37 Å². The first-order chi connectivity index (χ1) is 11.6. The summed E-state index contributed by atoms with van der Waals surface area (Å²) in [5.41, 5.74) is 4.24. The van der Waals surface area contributed by atoms with Gasteiger partial charge < -0.3 is 4.74 Å². The fourth-order valence-electron chi connectivity index (χ4n) is 2.44. The van der Waals surface area contributed by atoms with Crippen LogP contribution in [0.1, 0.15) is 40.9 Å². The molecule has 4 nitrogen and oxygen atoms in total. The molecule has 1 aromatic carbocycles. The van der Waals surface area contributed by atoms with Gasteiger partial charge in [-0.05, 0) is 25.0 Å². The van der Waals surface area contributed by atoms with Crippen LogP contribution in [-0.2, 0) is 0 Å². The van der Waals surface area contributed by atoms with E-state index in [4.69, 9.17) is 4.74 Å². The van der Waals surface area contributed by atoms with Gasteiger partial charge in [-0.3, -0.25) is 4.79 Å². The van der Waals surface area contributed by atoms with E-state index < -0.39 is 0 Å². The van der Waals surface area contributed by atoms with Crippen LogP contribution in [0.25, 0.3) is 10.6 Å². The highest BCUT2D eigenvalue weighted by Crippen LogP contribution is 2.33. The van der Waals surface area contributed by atoms with Crippen LogP contribution < -0.4 is 4.74 Å². The number of ether oxygens (including phenoxy) is 1. The topological polar surface area (TPSA) is 52.1 Å². The normalized spacial score (nSPS) is 10.0. The Morgan fingerprint density at radius 2 is 1.92 bits per heavy atom. The summed E-state index contributed by atoms with van der Waals surface area (Å²) in [6, 6.07) is 3.82. The van der Waals surface area contributed by atoms with Crippen molar-refractivity contribution >= 4 is 28.7 Å². The molecule has 0 saturated heterocycles. The molecule has 0 bridgehead atoms. The van der Waals surface area contributed by atoms with Gasteiger partial charge in [0.25, 0.3) is 0 Å². The van der Waals surface area contributed by atoms with Gasteiger partial charge >= 0.3 is 0 Å². The summed E-state index contributed by atoms with van der Waals surface area (Å²) in [7, 11) is 1.55. The van der Waals surface area contributed by atoms with Crippen molar-refractivity contribution in [2.75, 3.05) is 7.11 Å². The van der Waals surface area contributed by atoms with Gasteiger partial charge in [0.2, 0.25) is 5.06 Å². The van der Waals surface area contributed by atoms with Crippen LogP contribution in [0.4, 0.5) is 0 Å². The predicted octanol–water partition coefficient (Wildman–Crippen LogP) is 5.15. The maximum absolute atomic E-state index is 12.8. The lowest BCUT2D eigenvalue weighted by Gasteiger charge is -2.12. The molecule has 3 rings (SSSR count). The number of aryl methyl sites for hydroxylation is 1. The van der Waals surface area contributed by atoms with Crippen molar-refractivity contribution in [3.63, 3.8) is 0 Å². The van der Waals surface area contributed by atoms with Crippen LogP contribution in [-0.4, -0.2) is 22.3 Å². The predicted molar refractivity (Wildman–Crippen MR) is 100 cm³/mol. The van der Waals surface area contributed by atoms with Crippen molar-refractivity contribution in [1.82, 2.24) is 9.36 Å². The quantitative estimate of drug-likeness (QED) is 0.604. The number of carbonyl (C=O) groups excluding carboxylic acids is 1. The average Bonchev–Trinajstić information content (AvgIpc) is 3.28. The van der Waals surface area contributed by atoms with Crippen LogP contribution in [0.3, 0.4) is 0 Å². The first kappa shape index (κ1) is 18.3. The van der Waals surface area contributed by atoms with Gasteiger partial charge in [0.1, 0.15) is 5.01 Å². The van der Waals surface area contributed by atoms with Crippen LogP contribution in [0.2, 0.25) is 0 Å². The average molecular weight is 361 g/mol. The minimum Gasteiger partial charge on any atom is -0.486 e. The summed E-state index contributed by atoms with van der Waals surface area (Å²) >= 11 is 2.75. The van der Waals surface area contributed by atoms with Crippen LogP contribution in [0.15, 0.2) is 29.9 Å². The Balaban J connectivity index is 0.00000100. The Kier molecular flexibility index (Phi) is 6.23. The Bertz CT molecular complexity index is 824. The Morgan fingerprint density at radius 1 is 1.17 bits per heavy atom. The molecule has 6 heteroatoms. The van der Waals surface area contributed by atoms with E-state index in [0.717, 1.165) is 21.7 Å². The van der Waals surface area contributed by atoms with Crippen molar-refractivity contribution in [2.45, 2.75) is 27.7 Å². The molecular weight excluding hydrogens is 340 g/mol. The maximum atomic E-state index is 12.8. The van der Waals surface area contributed by atoms with E-state index in [2.05, 4.69) is 9.36 Å². The summed E-state index contributed by atoms with van der Waals surface area (Å²) in [4.78, 5) is 17.2. The Hall–Kier alpha value is -2.05. The molecule has 0 amide bonds. The first-order valence-corrected chi connectivity index (χ1v) is 9.32. The van der Waals surface area contributed by atoms with Crippen molar-refractivity contribution in [3.05, 3.63) is 52.2 Å². The second-order valence-corrected chi connectivity index (χ2v) is 6.49. The molecule has 0 unspecified atom stereocenters. The van der Waals surface area contributed by atoms with E-state index in [1.165, 1.54) is 11.5 Å². The summed E-state index contributed by atoms with van der Waals surface area (Å²) in [5.74, 6) is -0.0686. The van der Waals surface area contributed by atoms with E-state index in [1.54, 1.807) is 30.8 Å². The van der Waals surface area contributed by atoms with Gasteiger partial charge in [0.05, 0.1) is 18.9 Å². The molecule has 0 spiro atoms. The molecule has 126 valence electrons. The highest BCUT2D eigenvalue weighted by molar-refractivity contribution is 7.13. The second kappa shape index (κ2) is 8.17. The zero-order chi connectivity index (χ0) is 17.7. The van der Waals surface area contributed by atoms with Gasteiger partial charge in [-0.1, -0.05) is 26.0 Å². The van der Waals surface area contributed by atoms with E-state index in [1.807, 2.05) is 45.2 Å². The van der Waals surface area contributed by atoms with Gasteiger partial charge in [-0.15, -0.1) is 11.3 Å². The third-order valence-electron chi connectivity index (χ3n) is 3.53. The van der Waals surface area contributed by atoms with E-state index >= 15 is 0 Å². The standard InChI is InChI=1S/C16H14N2O2S2.C2H6/c1-9-4-5-11(10(2)13(9)15-17-6-7-21-15)14(19)12-8-18-22-16(12)20-3;1-2/h4-8H,1-3H3;1-2H3. The summed E-state index contributed by atoms with van der Waals surface area (Å²) in [6.45, 7) is 7.99. The maximum Gasteiger partial charge on any atom is 0.204 e. The Labute approximate surface area is 150 Å². The molecule has 0 aliphatic carbocycles. The number of hydrogen-bond donors (Lipinski definition) is 0. The number of hydrogen-bond acceptors (Lipinski definition) is 6. The SMILES string of the molecule is CC.COc1sncc1C(=O)c1ccc(C)c(-c2nccs2)c1C. The number of methoxy groups -OCH3 is 1. The number of rotatable bonds is 4. The third-order valence-corrected chi connectivity index (χ3v) is 5.09. The Morgan fingerprint density at radius 3 is 2.54 bits per heavy atom. The second-order valence-electron chi connectivity index (χ2n) is 4.83. The van der Waals surface area contributed by atoms with E-state index in [-0.39, 0.29) is 5.78 Å². The lowest BCUT2D eigenvalue weighted by molar-refractivity contribution is 0.103. The van der Waals surface area contributed by atoms with Gasteiger partial charge in [0, 0.05) is 34.2 Å². The molecule has 3 aromatic rings. The van der Waals surface area contributed by atoms with Crippen molar-refractivity contribution in [2.24, 2.45) is 0 Å². The molecule has 0 aliphatic heterocycles. The minimum absolute atomic E-state index is 0.0686. The molecule has 24 heavy (non-hydrogen) atoms. The van der Waals surface area contributed by atoms with Gasteiger partial charge in [0.15, 0.2) is 5.78 Å². The van der Waals surface area contributed by atoms with Crippen molar-refractivity contribution in [3.8, 4) is 15.6 Å². The van der Waals surface area contributed by atoms with E-state index in [0.29, 0.717) is 16.2 Å². The zero-order valence-corrected chi connectivity index (χ0v) is 16.0. The molecule has 0 aliphatic rings. The molecular formula is C18H20N2O2S2. The molecule has 0 saturated carbocycles. The van der Waals surface area contributed by atoms with Crippen LogP contribution >= 0.6 is 22.9 Å². The molecule has 2 aromatic heterocycles. The highest BCUT2D eigenvalue weighted by Gasteiger charge is 2.21. The summed E-state index contributed by atoms with van der Waals surface area (Å²) < 4.78 is 9.26. The zero-order valence-electron chi connectivity index (χ0n) is 14.4. The molecule has 0 N–H and O–H groups in total. The fourth-order valence-corrected chi connectivity index (χ4v) is 3.82. The molecule has 0 fully saturated rings. The number of ketones is 1. The molecule has 2 heterocycles. The third kappa shape index (κ3) is 3.39. The minimum atomic E-state index is -0.0686. The highest BCUT2D eigenvalue weighted by atomic mass is 32.1. The molecule has 0 atom stereocenters.